The number of nitrogens with two attached hydrogens (primary N) is 1. The molecule has 2 fully saturated rings. The topological polar surface area (TPSA) is 67.1 Å². The van der Waals surface area contributed by atoms with Crippen LogP contribution in [0, 0.1) is 5.92 Å². The highest BCUT2D eigenvalue weighted by Crippen LogP contribution is 2.43. The van der Waals surface area contributed by atoms with Crippen LogP contribution in [-0.2, 0) is 5.54 Å². The minimum Gasteiger partial charge on any atom is -0.338 e. The lowest BCUT2D eigenvalue weighted by Crippen LogP contribution is -2.59. The van der Waals surface area contributed by atoms with E-state index in [4.69, 9.17) is 5.73 Å². The van der Waals surface area contributed by atoms with E-state index in [0.717, 1.165) is 24.8 Å². The van der Waals surface area contributed by atoms with E-state index in [-0.39, 0.29) is 11.0 Å². The zero-order valence-electron chi connectivity index (χ0n) is 12.2. The van der Waals surface area contributed by atoms with E-state index in [0.29, 0.717) is 5.92 Å². The maximum absolute atomic E-state index is 6.20. The van der Waals surface area contributed by atoms with Crippen molar-refractivity contribution in [3.63, 3.8) is 0 Å². The van der Waals surface area contributed by atoms with Gasteiger partial charge in [-0.2, -0.15) is 0 Å². The molecule has 114 valence electrons. The monoisotopic (exact) mass is 313 g/mol. The molecule has 5 nitrogen and oxygen atoms in total. The molecule has 2 saturated heterocycles. The van der Waals surface area contributed by atoms with Crippen molar-refractivity contribution in [3.8, 4) is 0 Å². The lowest BCUT2D eigenvalue weighted by atomic mass is 9.81. The van der Waals surface area contributed by atoms with Gasteiger partial charge in [0.1, 0.15) is 5.50 Å². The number of anilines is 1. The van der Waals surface area contributed by atoms with Crippen LogP contribution in [0.25, 0.3) is 0 Å². The molecular formula is C16H19N5S. The third kappa shape index (κ3) is 2.27. The van der Waals surface area contributed by atoms with E-state index < -0.39 is 0 Å². The molecule has 0 bridgehead atoms. The first-order valence-corrected chi connectivity index (χ1v) is 8.55. The lowest BCUT2D eigenvalue weighted by molar-refractivity contribution is 0.274. The van der Waals surface area contributed by atoms with Crippen LogP contribution in [0.1, 0.15) is 5.56 Å². The van der Waals surface area contributed by atoms with Crippen LogP contribution in [0.4, 0.5) is 5.95 Å². The van der Waals surface area contributed by atoms with Gasteiger partial charge in [-0.3, -0.25) is 5.32 Å². The SMILES string of the molecule is NC1N[C@@]2(c3ccccc3)CN(c3ncccn3)C[C@H]2CS1. The second kappa shape index (κ2) is 5.53. The van der Waals surface area contributed by atoms with Crippen molar-refractivity contribution in [2.45, 2.75) is 11.0 Å². The first-order valence-electron chi connectivity index (χ1n) is 7.50. The van der Waals surface area contributed by atoms with E-state index in [1.54, 1.807) is 24.2 Å². The van der Waals surface area contributed by atoms with Crippen molar-refractivity contribution in [1.29, 1.82) is 0 Å². The Bertz CT molecular complexity index is 637. The van der Waals surface area contributed by atoms with Gasteiger partial charge in [0.05, 0.1) is 5.54 Å². The molecule has 3 N–H and O–H groups in total. The van der Waals surface area contributed by atoms with E-state index in [2.05, 4.69) is 50.5 Å². The van der Waals surface area contributed by atoms with Crippen molar-refractivity contribution in [3.05, 3.63) is 54.4 Å². The van der Waals surface area contributed by atoms with Crippen LogP contribution >= 0.6 is 11.8 Å². The molecule has 2 aromatic rings. The third-order valence-electron chi connectivity index (χ3n) is 4.58. The molecule has 0 spiro atoms. The standard InChI is InChI=1S/C16H19N5S/c17-14-20-16(12-5-2-1-3-6-12)11-21(9-13(16)10-22-14)15-18-7-4-8-19-15/h1-8,13-14,20H,9-11,17H2/t13-,14?,16+/m0/s1. The normalized spacial score (nSPS) is 31.0. The molecule has 3 atom stereocenters. The van der Waals surface area contributed by atoms with Gasteiger partial charge in [-0.05, 0) is 11.6 Å². The molecule has 0 amide bonds. The van der Waals surface area contributed by atoms with Gasteiger partial charge in [0.25, 0.3) is 0 Å². The molecule has 0 radical (unpaired) electrons. The molecule has 1 unspecified atom stereocenters. The first-order chi connectivity index (χ1) is 10.8. The highest BCUT2D eigenvalue weighted by molar-refractivity contribution is 7.99. The summed E-state index contributed by atoms with van der Waals surface area (Å²) in [6.07, 6.45) is 3.60. The fraction of sp³-hybridized carbons (Fsp3) is 0.375. The number of fused-ring (bicyclic) bond motifs is 1. The van der Waals surface area contributed by atoms with Gasteiger partial charge in [-0.15, -0.1) is 11.8 Å². The highest BCUT2D eigenvalue weighted by Gasteiger charge is 2.51. The molecule has 6 heteroatoms. The molecule has 0 saturated carbocycles. The number of hydrogen-bond donors (Lipinski definition) is 2. The Morgan fingerprint density at radius 1 is 1.18 bits per heavy atom. The van der Waals surface area contributed by atoms with Crippen LogP contribution in [0.5, 0.6) is 0 Å². The van der Waals surface area contributed by atoms with Gasteiger partial charge >= 0.3 is 0 Å². The molecule has 2 aliphatic heterocycles. The molecule has 1 aromatic heterocycles. The quantitative estimate of drug-likeness (QED) is 0.873. The van der Waals surface area contributed by atoms with Crippen molar-refractivity contribution in [2.24, 2.45) is 11.7 Å². The molecule has 4 rings (SSSR count). The predicted molar refractivity (Wildman–Crippen MR) is 89.4 cm³/mol. The summed E-state index contributed by atoms with van der Waals surface area (Å²) in [5.74, 6) is 2.34. The van der Waals surface area contributed by atoms with E-state index >= 15 is 0 Å². The Hall–Kier alpha value is -1.63. The molecule has 3 heterocycles. The highest BCUT2D eigenvalue weighted by atomic mass is 32.2. The minimum absolute atomic E-state index is 0.0342. The summed E-state index contributed by atoms with van der Waals surface area (Å²) < 4.78 is 0. The van der Waals surface area contributed by atoms with E-state index in [9.17, 15) is 0 Å². The lowest BCUT2D eigenvalue weighted by Gasteiger charge is -2.42. The van der Waals surface area contributed by atoms with Crippen LogP contribution in [-0.4, -0.2) is 34.3 Å². The number of benzene rings is 1. The zero-order valence-corrected chi connectivity index (χ0v) is 13.0. The second-order valence-corrected chi connectivity index (χ2v) is 7.04. The first kappa shape index (κ1) is 14.0. The Kier molecular flexibility index (Phi) is 3.52. The van der Waals surface area contributed by atoms with Gasteiger partial charge < -0.3 is 10.6 Å². The van der Waals surface area contributed by atoms with Crippen LogP contribution in [0.2, 0.25) is 0 Å². The Morgan fingerprint density at radius 2 is 1.95 bits per heavy atom. The summed E-state index contributed by atoms with van der Waals surface area (Å²) in [7, 11) is 0. The maximum atomic E-state index is 6.20. The van der Waals surface area contributed by atoms with Crippen molar-refractivity contribution in [2.75, 3.05) is 23.7 Å². The minimum atomic E-state index is -0.120. The summed E-state index contributed by atoms with van der Waals surface area (Å²) in [6.45, 7) is 1.80. The molecular weight excluding hydrogens is 294 g/mol. The van der Waals surface area contributed by atoms with E-state index in [1.165, 1.54) is 5.56 Å². The second-order valence-electron chi connectivity index (χ2n) is 5.86. The average molecular weight is 313 g/mol. The van der Waals surface area contributed by atoms with Crippen molar-refractivity contribution >= 4 is 17.7 Å². The number of thioether (sulfide) groups is 1. The Labute approximate surface area is 134 Å². The molecule has 1 aromatic carbocycles. The van der Waals surface area contributed by atoms with Crippen molar-refractivity contribution < 1.29 is 0 Å². The fourth-order valence-electron chi connectivity index (χ4n) is 3.54. The van der Waals surface area contributed by atoms with Gasteiger partial charge in [0.15, 0.2) is 0 Å². The number of nitrogens with zero attached hydrogens (tertiary/aromatic N) is 3. The van der Waals surface area contributed by atoms with Gasteiger partial charge in [0, 0.05) is 37.2 Å². The van der Waals surface area contributed by atoms with Gasteiger partial charge in [0.2, 0.25) is 5.95 Å². The van der Waals surface area contributed by atoms with Gasteiger partial charge in [-0.1, -0.05) is 30.3 Å². The number of aromatic nitrogens is 2. The fourth-order valence-corrected chi connectivity index (χ4v) is 4.67. The summed E-state index contributed by atoms with van der Waals surface area (Å²) in [6, 6.07) is 12.5. The molecule has 22 heavy (non-hydrogen) atoms. The third-order valence-corrected chi connectivity index (χ3v) is 5.65. The van der Waals surface area contributed by atoms with Gasteiger partial charge in [-0.25, -0.2) is 9.97 Å². The summed E-state index contributed by atoms with van der Waals surface area (Å²) in [4.78, 5) is 11.1. The van der Waals surface area contributed by atoms with Crippen LogP contribution in [0.15, 0.2) is 48.8 Å². The van der Waals surface area contributed by atoms with Crippen LogP contribution < -0.4 is 16.0 Å². The van der Waals surface area contributed by atoms with E-state index in [1.807, 2.05) is 6.07 Å². The summed E-state index contributed by atoms with van der Waals surface area (Å²) in [5.41, 5.74) is 7.35. The number of hydrogen-bond acceptors (Lipinski definition) is 6. The molecule has 2 aliphatic rings. The summed E-state index contributed by atoms with van der Waals surface area (Å²) in [5, 5.41) is 3.65. The number of rotatable bonds is 2. The van der Waals surface area contributed by atoms with Crippen molar-refractivity contribution in [1.82, 2.24) is 15.3 Å². The van der Waals surface area contributed by atoms with Crippen LogP contribution in [0.3, 0.4) is 0 Å². The Morgan fingerprint density at radius 3 is 2.73 bits per heavy atom. The summed E-state index contributed by atoms with van der Waals surface area (Å²) >= 11 is 1.78. The average Bonchev–Trinajstić information content (AvgIpc) is 2.96. The predicted octanol–water partition coefficient (Wildman–Crippen LogP) is 1.39. The smallest absolute Gasteiger partial charge is 0.225 e. The largest absolute Gasteiger partial charge is 0.338 e. The Balaban J connectivity index is 1.72. The maximum Gasteiger partial charge on any atom is 0.225 e. The zero-order chi connectivity index (χ0) is 15.0. The number of nitrogens with one attached hydrogen (secondary N) is 1. The molecule has 0 aliphatic carbocycles.